The van der Waals surface area contributed by atoms with Gasteiger partial charge in [0, 0.05) is 29.8 Å². The molecule has 0 atom stereocenters. The molecule has 1 aliphatic heterocycles. The van der Waals surface area contributed by atoms with Gasteiger partial charge in [0.25, 0.3) is 0 Å². The smallest absolute Gasteiger partial charge is 0.410 e. The number of likely N-dealkylation sites (tertiary alicyclic amines) is 1. The number of hydrogen-bond acceptors (Lipinski definition) is 4. The Hall–Kier alpha value is -2.40. The van der Waals surface area contributed by atoms with Gasteiger partial charge >= 0.3 is 6.09 Å². The molecule has 0 aromatic heterocycles. The first-order valence-electron chi connectivity index (χ1n) is 9.56. The van der Waals surface area contributed by atoms with Crippen LogP contribution in [0.15, 0.2) is 48.5 Å². The summed E-state index contributed by atoms with van der Waals surface area (Å²) in [4.78, 5) is 13.9. The minimum Gasteiger partial charge on any atom is -0.457 e. The minimum atomic E-state index is -0.456. The number of piperidine rings is 1. The van der Waals surface area contributed by atoms with Gasteiger partial charge in [0.05, 0.1) is 0 Å². The summed E-state index contributed by atoms with van der Waals surface area (Å²) in [5.74, 6) is 1.52. The maximum Gasteiger partial charge on any atom is 0.410 e. The summed E-state index contributed by atoms with van der Waals surface area (Å²) in [6, 6.07) is 15.5. The zero-order valence-corrected chi connectivity index (χ0v) is 17.3. The zero-order valence-electron chi connectivity index (χ0n) is 16.6. The molecule has 1 N–H and O–H groups in total. The third-order valence-corrected chi connectivity index (χ3v) is 4.67. The average molecular weight is 403 g/mol. The number of nitrogens with zero attached hydrogens (tertiary/aromatic N) is 1. The Bertz CT molecular complexity index is 777. The van der Waals surface area contributed by atoms with E-state index in [9.17, 15) is 4.79 Å². The number of rotatable bonds is 4. The minimum absolute atomic E-state index is 0.227. The molecule has 1 saturated heterocycles. The third kappa shape index (κ3) is 6.06. The van der Waals surface area contributed by atoms with Crippen LogP contribution in [0.3, 0.4) is 0 Å². The van der Waals surface area contributed by atoms with Crippen molar-refractivity contribution < 1.29 is 14.3 Å². The molecule has 1 heterocycles. The summed E-state index contributed by atoms with van der Waals surface area (Å²) in [7, 11) is 0. The zero-order chi connectivity index (χ0) is 20.1. The Morgan fingerprint density at radius 2 is 1.54 bits per heavy atom. The first-order valence-corrected chi connectivity index (χ1v) is 9.94. The van der Waals surface area contributed by atoms with Crippen LogP contribution in [0, 0.1) is 0 Å². The third-order valence-electron chi connectivity index (χ3n) is 4.42. The lowest BCUT2D eigenvalue weighted by molar-refractivity contribution is 0.0210. The van der Waals surface area contributed by atoms with Crippen LogP contribution in [0.4, 0.5) is 10.5 Å². The van der Waals surface area contributed by atoms with Crippen LogP contribution in [0.2, 0.25) is 5.02 Å². The monoisotopic (exact) mass is 402 g/mol. The second kappa shape index (κ2) is 8.74. The lowest BCUT2D eigenvalue weighted by atomic mass is 10.0. The van der Waals surface area contributed by atoms with Crippen molar-refractivity contribution in [2.75, 3.05) is 18.4 Å². The number of carbonyl (C=O) groups excluding carboxylic acids is 1. The molecular formula is C22H27ClN2O3. The highest BCUT2D eigenvalue weighted by Crippen LogP contribution is 2.25. The predicted octanol–water partition coefficient (Wildman–Crippen LogP) is 5.94. The summed E-state index contributed by atoms with van der Waals surface area (Å²) in [5.41, 5.74) is 0.585. The van der Waals surface area contributed by atoms with Crippen molar-refractivity contribution in [2.24, 2.45) is 0 Å². The van der Waals surface area contributed by atoms with E-state index in [0.29, 0.717) is 24.2 Å². The van der Waals surface area contributed by atoms with Crippen LogP contribution in [-0.4, -0.2) is 35.7 Å². The quantitative estimate of drug-likeness (QED) is 0.687. The van der Waals surface area contributed by atoms with E-state index in [0.717, 1.165) is 30.0 Å². The highest BCUT2D eigenvalue weighted by molar-refractivity contribution is 6.30. The molecule has 0 aliphatic carbocycles. The Kier molecular flexibility index (Phi) is 6.35. The maximum atomic E-state index is 12.1. The van der Waals surface area contributed by atoms with Gasteiger partial charge in [-0.3, -0.25) is 0 Å². The molecule has 1 aliphatic rings. The SMILES string of the molecule is CC(C)(C)OC(=O)N1CCC(Nc2ccc(Oc3ccc(Cl)cc3)cc2)CC1. The van der Waals surface area contributed by atoms with E-state index >= 15 is 0 Å². The summed E-state index contributed by atoms with van der Waals surface area (Å²) in [6.07, 6.45) is 1.56. The average Bonchev–Trinajstić information content (AvgIpc) is 2.64. The number of carbonyl (C=O) groups is 1. The second-order valence-corrected chi connectivity index (χ2v) is 8.40. The number of hydrogen-bond donors (Lipinski definition) is 1. The number of nitrogens with one attached hydrogen (secondary N) is 1. The van der Waals surface area contributed by atoms with E-state index in [1.165, 1.54) is 0 Å². The molecule has 2 aromatic rings. The van der Waals surface area contributed by atoms with Gasteiger partial charge in [-0.05, 0) is 82.1 Å². The topological polar surface area (TPSA) is 50.8 Å². The Morgan fingerprint density at radius 1 is 1.00 bits per heavy atom. The van der Waals surface area contributed by atoms with Crippen LogP contribution >= 0.6 is 11.6 Å². The van der Waals surface area contributed by atoms with Crippen molar-refractivity contribution in [1.29, 1.82) is 0 Å². The van der Waals surface area contributed by atoms with E-state index in [1.807, 2.05) is 57.2 Å². The van der Waals surface area contributed by atoms with Gasteiger partial charge in [0.2, 0.25) is 0 Å². The summed E-state index contributed by atoms with van der Waals surface area (Å²) < 4.78 is 11.3. The van der Waals surface area contributed by atoms with Crippen molar-refractivity contribution in [3.05, 3.63) is 53.6 Å². The van der Waals surface area contributed by atoms with Crippen molar-refractivity contribution >= 4 is 23.4 Å². The fraction of sp³-hybridized carbons (Fsp3) is 0.409. The van der Waals surface area contributed by atoms with E-state index in [4.69, 9.17) is 21.1 Å². The normalized spacial score (nSPS) is 15.2. The summed E-state index contributed by atoms with van der Waals surface area (Å²) in [5, 5.41) is 4.22. The Labute approximate surface area is 171 Å². The summed E-state index contributed by atoms with van der Waals surface area (Å²) in [6.45, 7) is 7.06. The first kappa shape index (κ1) is 20.3. The molecule has 0 bridgehead atoms. The number of amides is 1. The van der Waals surface area contributed by atoms with Gasteiger partial charge in [-0.15, -0.1) is 0 Å². The van der Waals surface area contributed by atoms with Crippen molar-refractivity contribution in [2.45, 2.75) is 45.3 Å². The molecule has 0 spiro atoms. The van der Waals surface area contributed by atoms with Gasteiger partial charge in [-0.1, -0.05) is 11.6 Å². The highest BCUT2D eigenvalue weighted by Gasteiger charge is 2.26. The number of ether oxygens (including phenoxy) is 2. The molecule has 28 heavy (non-hydrogen) atoms. The number of halogens is 1. The lowest BCUT2D eigenvalue weighted by Gasteiger charge is -2.34. The van der Waals surface area contributed by atoms with Gasteiger partial charge in [-0.25, -0.2) is 4.79 Å². The van der Waals surface area contributed by atoms with Gasteiger partial charge in [0.15, 0.2) is 0 Å². The van der Waals surface area contributed by atoms with E-state index in [-0.39, 0.29) is 6.09 Å². The molecule has 1 fully saturated rings. The van der Waals surface area contributed by atoms with Crippen molar-refractivity contribution in [3.8, 4) is 11.5 Å². The van der Waals surface area contributed by atoms with Crippen LogP contribution < -0.4 is 10.1 Å². The highest BCUT2D eigenvalue weighted by atomic mass is 35.5. The molecule has 0 radical (unpaired) electrons. The van der Waals surface area contributed by atoms with Crippen molar-refractivity contribution in [3.63, 3.8) is 0 Å². The van der Waals surface area contributed by atoms with Gasteiger partial charge in [0.1, 0.15) is 17.1 Å². The van der Waals surface area contributed by atoms with Crippen LogP contribution in [0.1, 0.15) is 33.6 Å². The fourth-order valence-corrected chi connectivity index (χ4v) is 3.15. The second-order valence-electron chi connectivity index (χ2n) is 7.97. The van der Waals surface area contributed by atoms with Crippen LogP contribution in [0.5, 0.6) is 11.5 Å². The molecule has 2 aromatic carbocycles. The Morgan fingerprint density at radius 3 is 2.07 bits per heavy atom. The molecular weight excluding hydrogens is 376 g/mol. The van der Waals surface area contributed by atoms with Gasteiger partial charge in [-0.2, -0.15) is 0 Å². The predicted molar refractivity (Wildman–Crippen MR) is 112 cm³/mol. The Balaban J connectivity index is 1.47. The van der Waals surface area contributed by atoms with Crippen molar-refractivity contribution in [1.82, 2.24) is 4.90 Å². The fourth-order valence-electron chi connectivity index (χ4n) is 3.03. The molecule has 0 unspecified atom stereocenters. The van der Waals surface area contributed by atoms with E-state index < -0.39 is 5.60 Å². The van der Waals surface area contributed by atoms with Gasteiger partial charge < -0.3 is 19.7 Å². The van der Waals surface area contributed by atoms with E-state index in [2.05, 4.69) is 5.32 Å². The maximum absolute atomic E-state index is 12.1. The standard InChI is InChI=1S/C22H27ClN2O3/c1-22(2,3)28-21(26)25-14-12-18(13-15-25)24-17-6-10-20(11-7-17)27-19-8-4-16(23)5-9-19/h4-11,18,24H,12-15H2,1-3H3. The van der Waals surface area contributed by atoms with Crippen LogP contribution in [0.25, 0.3) is 0 Å². The lowest BCUT2D eigenvalue weighted by Crippen LogP contribution is -2.44. The largest absolute Gasteiger partial charge is 0.457 e. The van der Waals surface area contributed by atoms with E-state index in [1.54, 1.807) is 17.0 Å². The molecule has 1 amide bonds. The molecule has 5 nitrogen and oxygen atoms in total. The first-order chi connectivity index (χ1) is 13.3. The number of anilines is 1. The van der Waals surface area contributed by atoms with Crippen LogP contribution in [-0.2, 0) is 4.74 Å². The summed E-state index contributed by atoms with van der Waals surface area (Å²) >= 11 is 5.89. The molecule has 150 valence electrons. The molecule has 6 heteroatoms. The molecule has 0 saturated carbocycles. The molecule has 3 rings (SSSR count). The number of benzene rings is 2.